The summed E-state index contributed by atoms with van der Waals surface area (Å²) in [4.78, 5) is 23.0. The molecule has 1 aromatic carbocycles. The van der Waals surface area contributed by atoms with Gasteiger partial charge in [0, 0.05) is 6.92 Å². The van der Waals surface area contributed by atoms with Crippen molar-refractivity contribution in [3.05, 3.63) is 29.8 Å². The van der Waals surface area contributed by atoms with E-state index in [1.165, 1.54) is 6.92 Å². The Morgan fingerprint density at radius 3 is 2.50 bits per heavy atom. The summed E-state index contributed by atoms with van der Waals surface area (Å²) < 4.78 is 5.08. The maximum atomic E-state index is 11.7. The molecule has 0 heterocycles. The van der Waals surface area contributed by atoms with Crippen LogP contribution < -0.4 is 15.4 Å². The highest BCUT2D eigenvalue weighted by atomic mass is 16.5. The first-order valence-electron chi connectivity index (χ1n) is 6.18. The quantitative estimate of drug-likeness (QED) is 0.761. The predicted molar refractivity (Wildman–Crippen MR) is 76.0 cm³/mol. The van der Waals surface area contributed by atoms with E-state index in [0.29, 0.717) is 5.75 Å². The second-order valence-electron chi connectivity index (χ2n) is 4.21. The van der Waals surface area contributed by atoms with Gasteiger partial charge >= 0.3 is 0 Å². The first-order chi connectivity index (χ1) is 9.56. The number of ether oxygens (including phenoxy) is 1. The molecule has 0 aliphatic rings. The fraction of sp³-hybridized carbons (Fsp3) is 0.333. The molecule has 1 aromatic rings. The smallest absolute Gasteiger partial charge is 0.223 e. The van der Waals surface area contributed by atoms with Crippen LogP contribution in [0.3, 0.4) is 0 Å². The Bertz CT molecular complexity index is 503. The highest BCUT2D eigenvalue weighted by molar-refractivity contribution is 5.79. The van der Waals surface area contributed by atoms with Crippen molar-refractivity contribution in [2.75, 3.05) is 13.7 Å². The fourth-order valence-electron chi connectivity index (χ4n) is 1.74. The van der Waals surface area contributed by atoms with Crippen molar-refractivity contribution in [2.24, 2.45) is 0 Å². The zero-order chi connectivity index (χ0) is 15.0. The van der Waals surface area contributed by atoms with Gasteiger partial charge in [-0.25, -0.2) is 0 Å². The van der Waals surface area contributed by atoms with Gasteiger partial charge < -0.3 is 15.4 Å². The third-order valence-corrected chi connectivity index (χ3v) is 2.67. The normalized spacial score (nSPS) is 11.1. The van der Waals surface area contributed by atoms with E-state index in [9.17, 15) is 9.59 Å². The van der Waals surface area contributed by atoms with Gasteiger partial charge in [0.25, 0.3) is 0 Å². The van der Waals surface area contributed by atoms with Crippen LogP contribution in [0, 0.1) is 12.3 Å². The van der Waals surface area contributed by atoms with Crippen LogP contribution in [0.4, 0.5) is 0 Å². The van der Waals surface area contributed by atoms with E-state index in [-0.39, 0.29) is 24.8 Å². The molecule has 0 aliphatic heterocycles. The molecule has 0 saturated carbocycles. The van der Waals surface area contributed by atoms with Crippen LogP contribution in [0.5, 0.6) is 5.75 Å². The minimum atomic E-state index is -0.392. The summed E-state index contributed by atoms with van der Waals surface area (Å²) >= 11 is 0. The van der Waals surface area contributed by atoms with Gasteiger partial charge in [-0.1, -0.05) is 18.1 Å². The summed E-state index contributed by atoms with van der Waals surface area (Å²) in [5, 5.41) is 5.33. The van der Waals surface area contributed by atoms with Crippen molar-refractivity contribution in [1.29, 1.82) is 0 Å². The van der Waals surface area contributed by atoms with Crippen molar-refractivity contribution >= 4 is 11.8 Å². The minimum absolute atomic E-state index is 0.133. The molecule has 0 spiro atoms. The topological polar surface area (TPSA) is 67.4 Å². The summed E-state index contributed by atoms with van der Waals surface area (Å²) in [6, 6.07) is 6.80. The number of methoxy groups -OCH3 is 1. The molecule has 5 heteroatoms. The lowest BCUT2D eigenvalue weighted by molar-refractivity contribution is -0.122. The number of hydrogen-bond donors (Lipinski definition) is 2. The van der Waals surface area contributed by atoms with Crippen LogP contribution in [-0.4, -0.2) is 25.5 Å². The predicted octanol–water partition coefficient (Wildman–Crippen LogP) is 1.01. The number of rotatable bonds is 6. The molecule has 1 atom stereocenters. The van der Waals surface area contributed by atoms with Crippen molar-refractivity contribution < 1.29 is 14.3 Å². The molecule has 0 bridgehead atoms. The van der Waals surface area contributed by atoms with Crippen LogP contribution >= 0.6 is 0 Å². The van der Waals surface area contributed by atoms with E-state index in [1.807, 2.05) is 12.1 Å². The van der Waals surface area contributed by atoms with E-state index < -0.39 is 6.04 Å². The van der Waals surface area contributed by atoms with Gasteiger partial charge in [-0.05, 0) is 17.7 Å². The molecule has 0 fully saturated rings. The molecular weight excluding hydrogens is 256 g/mol. The fourth-order valence-corrected chi connectivity index (χ4v) is 1.74. The van der Waals surface area contributed by atoms with Gasteiger partial charge in [0.05, 0.1) is 26.1 Å². The van der Waals surface area contributed by atoms with Crippen LogP contribution in [-0.2, 0) is 9.59 Å². The van der Waals surface area contributed by atoms with Gasteiger partial charge in [-0.3, -0.25) is 9.59 Å². The van der Waals surface area contributed by atoms with Crippen LogP contribution in [0.25, 0.3) is 0 Å². The average Bonchev–Trinajstić information content (AvgIpc) is 2.44. The van der Waals surface area contributed by atoms with Crippen LogP contribution in [0.2, 0.25) is 0 Å². The summed E-state index contributed by atoms with van der Waals surface area (Å²) in [7, 11) is 1.58. The molecule has 0 saturated heterocycles. The molecule has 20 heavy (non-hydrogen) atoms. The maximum Gasteiger partial charge on any atom is 0.223 e. The molecule has 0 aliphatic carbocycles. The molecule has 0 aromatic heterocycles. The monoisotopic (exact) mass is 274 g/mol. The largest absolute Gasteiger partial charge is 0.497 e. The van der Waals surface area contributed by atoms with Crippen molar-refractivity contribution in [3.8, 4) is 18.1 Å². The number of amides is 2. The molecule has 106 valence electrons. The Balaban J connectivity index is 2.79. The van der Waals surface area contributed by atoms with Gasteiger partial charge in [0.15, 0.2) is 0 Å². The number of terminal acetylenes is 1. The second-order valence-corrected chi connectivity index (χ2v) is 4.21. The van der Waals surface area contributed by atoms with Crippen molar-refractivity contribution in [3.63, 3.8) is 0 Å². The molecule has 2 amide bonds. The Labute approximate surface area is 118 Å². The maximum absolute atomic E-state index is 11.7. The molecule has 1 unspecified atom stereocenters. The van der Waals surface area contributed by atoms with Gasteiger partial charge in [0.1, 0.15) is 5.75 Å². The third-order valence-electron chi connectivity index (χ3n) is 2.67. The summed E-state index contributed by atoms with van der Waals surface area (Å²) in [5.41, 5.74) is 0.830. The molecule has 0 radical (unpaired) electrons. The van der Waals surface area contributed by atoms with E-state index in [2.05, 4.69) is 16.6 Å². The highest BCUT2D eigenvalue weighted by Crippen LogP contribution is 2.20. The Hall–Kier alpha value is -2.48. The van der Waals surface area contributed by atoms with Gasteiger partial charge in [0.2, 0.25) is 11.8 Å². The zero-order valence-corrected chi connectivity index (χ0v) is 11.6. The van der Waals surface area contributed by atoms with E-state index >= 15 is 0 Å². The summed E-state index contributed by atoms with van der Waals surface area (Å²) in [6.45, 7) is 1.59. The van der Waals surface area contributed by atoms with E-state index in [4.69, 9.17) is 11.2 Å². The SMILES string of the molecule is C#CCNC(=O)CC(NC(C)=O)c1ccc(OC)cc1. The average molecular weight is 274 g/mol. The zero-order valence-electron chi connectivity index (χ0n) is 11.6. The molecule has 5 nitrogen and oxygen atoms in total. The first kappa shape index (κ1) is 15.6. The Morgan fingerprint density at radius 2 is 2.00 bits per heavy atom. The summed E-state index contributed by atoms with van der Waals surface area (Å²) in [6.07, 6.45) is 5.22. The lowest BCUT2D eigenvalue weighted by Gasteiger charge is -2.18. The standard InChI is InChI=1S/C15H18N2O3/c1-4-9-16-15(19)10-14(17-11(2)18)12-5-7-13(20-3)8-6-12/h1,5-8,14H,9-10H2,2-3H3,(H,16,19)(H,17,18). The van der Waals surface area contributed by atoms with E-state index in [0.717, 1.165) is 5.56 Å². The number of hydrogen-bond acceptors (Lipinski definition) is 3. The summed E-state index contributed by atoms with van der Waals surface area (Å²) in [5.74, 6) is 2.64. The third kappa shape index (κ3) is 5.02. The molecule has 2 N–H and O–H groups in total. The number of benzene rings is 1. The second kappa shape index (κ2) is 7.85. The van der Waals surface area contributed by atoms with E-state index in [1.54, 1.807) is 19.2 Å². The molecule has 1 rings (SSSR count). The molecular formula is C15H18N2O3. The number of nitrogens with one attached hydrogen (secondary N) is 2. The van der Waals surface area contributed by atoms with Gasteiger partial charge in [-0.2, -0.15) is 0 Å². The Kier molecular flexibility index (Phi) is 6.11. The lowest BCUT2D eigenvalue weighted by atomic mass is 10.0. The van der Waals surface area contributed by atoms with Crippen LogP contribution in [0.1, 0.15) is 24.9 Å². The minimum Gasteiger partial charge on any atom is -0.497 e. The Morgan fingerprint density at radius 1 is 1.35 bits per heavy atom. The van der Waals surface area contributed by atoms with Crippen molar-refractivity contribution in [1.82, 2.24) is 10.6 Å². The first-order valence-corrected chi connectivity index (χ1v) is 6.18. The van der Waals surface area contributed by atoms with Crippen LogP contribution in [0.15, 0.2) is 24.3 Å². The lowest BCUT2D eigenvalue weighted by Crippen LogP contribution is -2.32. The highest BCUT2D eigenvalue weighted by Gasteiger charge is 2.16. The van der Waals surface area contributed by atoms with Crippen molar-refractivity contribution in [2.45, 2.75) is 19.4 Å². The van der Waals surface area contributed by atoms with Gasteiger partial charge in [-0.15, -0.1) is 6.42 Å². The number of carbonyl (C=O) groups excluding carboxylic acids is 2. The number of carbonyl (C=O) groups is 2.